The normalized spacial score (nSPS) is 9.71. The third kappa shape index (κ3) is 7.44. The number of nitrogens with two attached hydrogens (primary N) is 1. The van der Waals surface area contributed by atoms with Gasteiger partial charge in [0.2, 0.25) is 0 Å². The molecule has 1 rings (SSSR count). The van der Waals surface area contributed by atoms with E-state index in [2.05, 4.69) is 29.2 Å². The van der Waals surface area contributed by atoms with Gasteiger partial charge >= 0.3 is 6.09 Å². The van der Waals surface area contributed by atoms with Gasteiger partial charge in [-0.15, -0.1) is 0 Å². The van der Waals surface area contributed by atoms with E-state index in [1.807, 2.05) is 0 Å². The van der Waals surface area contributed by atoms with Crippen molar-refractivity contribution >= 4 is 18.1 Å². The molecule has 0 aliphatic carbocycles. The number of hydrogen-bond acceptors (Lipinski definition) is 5. The lowest BCUT2D eigenvalue weighted by molar-refractivity contribution is 0.111. The first-order chi connectivity index (χ1) is 10.2. The fraction of sp³-hybridized carbons (Fsp3) is 0.133. The molecule has 0 spiro atoms. The van der Waals surface area contributed by atoms with Gasteiger partial charge in [0.25, 0.3) is 0 Å². The predicted molar refractivity (Wildman–Crippen MR) is 83.2 cm³/mol. The van der Waals surface area contributed by atoms with Crippen molar-refractivity contribution in [3.8, 4) is 0 Å². The fourth-order valence-corrected chi connectivity index (χ4v) is 1.18. The summed E-state index contributed by atoms with van der Waals surface area (Å²) in [5.74, 6) is 0. The Balaban J connectivity index is 0.00000191. The summed E-state index contributed by atoms with van der Waals surface area (Å²) in [5, 5.41) is 2.49. The van der Waals surface area contributed by atoms with Crippen molar-refractivity contribution in [2.75, 3.05) is 19.0 Å². The molecule has 6 heteroatoms. The minimum Gasteiger partial charge on any atom is -0.444 e. The lowest BCUT2D eigenvalue weighted by Crippen LogP contribution is -2.15. The molecule has 3 N–H and O–H groups in total. The molecule has 0 unspecified atom stereocenters. The highest BCUT2D eigenvalue weighted by Crippen LogP contribution is 2.06. The average molecular weight is 289 g/mol. The molecule has 0 saturated heterocycles. The van der Waals surface area contributed by atoms with Gasteiger partial charge < -0.3 is 10.5 Å². The summed E-state index contributed by atoms with van der Waals surface area (Å²) in [6.45, 7) is 7.23. The molecule has 1 heterocycles. The molecule has 6 nitrogen and oxygen atoms in total. The lowest BCUT2D eigenvalue weighted by Gasteiger charge is -2.07. The van der Waals surface area contributed by atoms with Crippen LogP contribution in [0.25, 0.3) is 0 Å². The molecule has 1 amide bonds. The molecule has 0 atom stereocenters. The van der Waals surface area contributed by atoms with Crippen molar-refractivity contribution in [2.45, 2.75) is 0 Å². The Labute approximate surface area is 124 Å². The van der Waals surface area contributed by atoms with Crippen molar-refractivity contribution in [1.29, 1.82) is 0 Å². The van der Waals surface area contributed by atoms with E-state index in [1.165, 1.54) is 19.3 Å². The van der Waals surface area contributed by atoms with Gasteiger partial charge in [-0.3, -0.25) is 15.1 Å². The quantitative estimate of drug-likeness (QED) is 0.619. The second kappa shape index (κ2) is 11.1. The number of aldehydes is 1. The van der Waals surface area contributed by atoms with Gasteiger partial charge in [0, 0.05) is 0 Å². The molecular formula is C15H19N3O3. The summed E-state index contributed by atoms with van der Waals surface area (Å²) >= 11 is 0. The van der Waals surface area contributed by atoms with Crippen LogP contribution in [0.2, 0.25) is 0 Å². The summed E-state index contributed by atoms with van der Waals surface area (Å²) in [4.78, 5) is 25.7. The van der Waals surface area contributed by atoms with Crippen LogP contribution >= 0.6 is 0 Å². The molecule has 0 radical (unpaired) electrons. The van der Waals surface area contributed by atoms with Crippen molar-refractivity contribution in [3.63, 3.8) is 0 Å². The molecule has 1 aromatic heterocycles. The van der Waals surface area contributed by atoms with Crippen LogP contribution in [0.3, 0.4) is 0 Å². The van der Waals surface area contributed by atoms with Gasteiger partial charge in [-0.05, 0) is 24.8 Å². The minimum atomic E-state index is -0.613. The Morgan fingerprint density at radius 1 is 1.43 bits per heavy atom. The number of pyridine rings is 1. The second-order valence-electron chi connectivity index (χ2n) is 3.47. The zero-order valence-corrected chi connectivity index (χ0v) is 11.9. The molecule has 0 bridgehead atoms. The first-order valence-corrected chi connectivity index (χ1v) is 6.06. The van der Waals surface area contributed by atoms with Crippen LogP contribution in [0.4, 0.5) is 10.5 Å². The predicted octanol–water partition coefficient (Wildman–Crippen LogP) is 2.32. The molecular weight excluding hydrogens is 270 g/mol. The first-order valence-electron chi connectivity index (χ1n) is 6.06. The number of rotatable bonds is 6. The zero-order chi connectivity index (χ0) is 16.1. The van der Waals surface area contributed by atoms with E-state index < -0.39 is 6.09 Å². The van der Waals surface area contributed by atoms with E-state index in [0.29, 0.717) is 17.7 Å². The Morgan fingerprint density at radius 3 is 2.62 bits per heavy atom. The van der Waals surface area contributed by atoms with E-state index in [0.717, 1.165) is 5.57 Å². The molecule has 0 aromatic carbocycles. The maximum Gasteiger partial charge on any atom is 0.412 e. The van der Waals surface area contributed by atoms with Crippen molar-refractivity contribution in [1.82, 2.24) is 4.98 Å². The maximum atomic E-state index is 11.5. The number of hydrogen-bond donors (Lipinski definition) is 2. The van der Waals surface area contributed by atoms with Gasteiger partial charge in [-0.1, -0.05) is 31.4 Å². The number of anilines is 1. The molecule has 0 fully saturated rings. The lowest BCUT2D eigenvalue weighted by atomic mass is 10.2. The van der Waals surface area contributed by atoms with E-state index in [1.54, 1.807) is 24.3 Å². The van der Waals surface area contributed by atoms with E-state index in [-0.39, 0.29) is 6.61 Å². The summed E-state index contributed by atoms with van der Waals surface area (Å²) in [5.41, 5.74) is 5.98. The second-order valence-corrected chi connectivity index (χ2v) is 3.47. The molecule has 112 valence electrons. The molecule has 1 aromatic rings. The monoisotopic (exact) mass is 289 g/mol. The third-order valence-electron chi connectivity index (χ3n) is 2.12. The number of ether oxygens (including phenoxy) is 1. The third-order valence-corrected chi connectivity index (χ3v) is 2.12. The smallest absolute Gasteiger partial charge is 0.412 e. The van der Waals surface area contributed by atoms with Gasteiger partial charge in [0.1, 0.15) is 12.3 Å². The summed E-state index contributed by atoms with van der Waals surface area (Å²) in [6.07, 6.45) is 6.24. The highest BCUT2D eigenvalue weighted by Gasteiger charge is 2.04. The van der Waals surface area contributed by atoms with Crippen LogP contribution in [0.5, 0.6) is 0 Å². The van der Waals surface area contributed by atoms with Gasteiger partial charge in [-0.2, -0.15) is 0 Å². The Morgan fingerprint density at radius 2 is 2.14 bits per heavy atom. The van der Waals surface area contributed by atoms with E-state index in [4.69, 9.17) is 4.74 Å². The summed E-state index contributed by atoms with van der Waals surface area (Å²) in [6, 6.07) is 3.06. The number of allylic oxidation sites excluding steroid dienone is 2. The number of aromatic nitrogens is 1. The number of carbonyl (C=O) groups is 2. The molecule has 0 saturated carbocycles. The highest BCUT2D eigenvalue weighted by atomic mass is 16.5. The first kappa shape index (κ1) is 18.3. The highest BCUT2D eigenvalue weighted by molar-refractivity contribution is 5.84. The molecule has 0 aliphatic heterocycles. The van der Waals surface area contributed by atoms with Crippen molar-refractivity contribution in [3.05, 3.63) is 61.0 Å². The number of carbonyl (C=O) groups excluding carboxylic acids is 2. The number of nitrogens with one attached hydrogen (secondary N) is 1. The van der Waals surface area contributed by atoms with Gasteiger partial charge in [0.15, 0.2) is 6.29 Å². The SMILES string of the molecule is C=C/C=C(\C=C)COC(=O)Nc1ccc(C=O)nc1.CN. The topological polar surface area (TPSA) is 94.3 Å². The van der Waals surface area contributed by atoms with Crippen LogP contribution in [0.15, 0.2) is 55.3 Å². The van der Waals surface area contributed by atoms with E-state index >= 15 is 0 Å². The minimum absolute atomic E-state index is 0.0984. The Bertz CT molecular complexity index is 507. The average Bonchev–Trinajstić information content (AvgIpc) is 2.54. The number of amides is 1. The largest absolute Gasteiger partial charge is 0.444 e. The Hall–Kier alpha value is -2.73. The molecule has 21 heavy (non-hydrogen) atoms. The van der Waals surface area contributed by atoms with Crippen LogP contribution in [-0.2, 0) is 4.74 Å². The standard InChI is InChI=1S/C14H14N2O3.CH5N/c1-3-5-11(4-2)10-19-14(18)16-12-6-7-13(9-17)15-8-12;1-2/h3-9H,1-2,10H2,(H,16,18);2H2,1H3/b11-5+;. The van der Waals surface area contributed by atoms with Crippen LogP contribution in [0.1, 0.15) is 10.5 Å². The van der Waals surface area contributed by atoms with E-state index in [9.17, 15) is 9.59 Å². The summed E-state index contributed by atoms with van der Waals surface area (Å²) in [7, 11) is 1.50. The van der Waals surface area contributed by atoms with Crippen molar-refractivity contribution in [2.24, 2.45) is 5.73 Å². The van der Waals surface area contributed by atoms with Crippen LogP contribution < -0.4 is 11.1 Å². The number of nitrogens with zero attached hydrogens (tertiary/aromatic N) is 1. The zero-order valence-electron chi connectivity index (χ0n) is 11.9. The van der Waals surface area contributed by atoms with Gasteiger partial charge in [-0.25, -0.2) is 4.79 Å². The molecule has 0 aliphatic rings. The fourth-order valence-electron chi connectivity index (χ4n) is 1.18. The summed E-state index contributed by atoms with van der Waals surface area (Å²) < 4.78 is 4.97. The van der Waals surface area contributed by atoms with Gasteiger partial charge in [0.05, 0.1) is 11.9 Å². The van der Waals surface area contributed by atoms with Crippen LogP contribution in [0, 0.1) is 0 Å². The van der Waals surface area contributed by atoms with Crippen molar-refractivity contribution < 1.29 is 14.3 Å². The Kier molecular flexibility index (Phi) is 9.68. The maximum absolute atomic E-state index is 11.5. The van der Waals surface area contributed by atoms with Crippen LogP contribution in [-0.4, -0.2) is 31.0 Å².